The van der Waals surface area contributed by atoms with Crippen molar-refractivity contribution < 1.29 is 9.13 Å². The van der Waals surface area contributed by atoms with Gasteiger partial charge in [-0.05, 0) is 50.4 Å². The maximum Gasteiger partial charge on any atom is 0.112 e. The first-order valence-electron chi connectivity index (χ1n) is 5.98. The van der Waals surface area contributed by atoms with Gasteiger partial charge in [-0.3, -0.25) is 0 Å². The van der Waals surface area contributed by atoms with E-state index in [9.17, 15) is 4.39 Å². The highest BCUT2D eigenvalue weighted by molar-refractivity contribution is 5.12. The van der Waals surface area contributed by atoms with E-state index in [-0.39, 0.29) is 5.41 Å². The van der Waals surface area contributed by atoms with E-state index in [1.54, 1.807) is 0 Å². The molecule has 4 saturated carbocycles. The third-order valence-electron chi connectivity index (χ3n) is 5.05. The molecule has 0 aromatic carbocycles. The normalized spacial score (nSPS) is 64.5. The van der Waals surface area contributed by atoms with Crippen LogP contribution >= 0.6 is 0 Å². The molecule has 3 unspecified atom stereocenters. The quantitative estimate of drug-likeness (QED) is 0.587. The molecule has 5 rings (SSSR count). The molecule has 1 nitrogen and oxygen atoms in total. The van der Waals surface area contributed by atoms with Crippen LogP contribution < -0.4 is 0 Å². The molecule has 1 heterocycles. The van der Waals surface area contributed by atoms with Crippen LogP contribution in [0, 0.1) is 17.3 Å². The minimum absolute atomic E-state index is 0.277. The topological polar surface area (TPSA) is 12.5 Å². The van der Waals surface area contributed by atoms with Crippen LogP contribution in [-0.4, -0.2) is 18.4 Å². The second-order valence-electron chi connectivity index (χ2n) is 6.30. The van der Waals surface area contributed by atoms with Gasteiger partial charge < -0.3 is 4.74 Å². The summed E-state index contributed by atoms with van der Waals surface area (Å²) in [7, 11) is 0. The Balaban J connectivity index is 1.75. The van der Waals surface area contributed by atoms with Crippen molar-refractivity contribution in [1.82, 2.24) is 0 Å². The van der Waals surface area contributed by atoms with Gasteiger partial charge in [-0.25, -0.2) is 4.39 Å². The Morgan fingerprint density at radius 3 is 2.21 bits per heavy atom. The van der Waals surface area contributed by atoms with Crippen LogP contribution in [-0.2, 0) is 4.74 Å². The van der Waals surface area contributed by atoms with Gasteiger partial charge in [0.1, 0.15) is 5.67 Å². The zero-order valence-corrected chi connectivity index (χ0v) is 8.47. The van der Waals surface area contributed by atoms with E-state index < -0.39 is 5.67 Å². The molecule has 0 amide bonds. The van der Waals surface area contributed by atoms with Crippen LogP contribution in [0.1, 0.15) is 38.5 Å². The molecule has 0 aromatic rings. The highest BCUT2D eigenvalue weighted by atomic mass is 19.1. The van der Waals surface area contributed by atoms with Gasteiger partial charge in [0, 0.05) is 5.41 Å². The van der Waals surface area contributed by atoms with Crippen molar-refractivity contribution in [2.24, 2.45) is 17.3 Å². The SMILES string of the molecule is FC12CC3CC(C1)CC(C1CO1)(C3)C2. The van der Waals surface area contributed by atoms with E-state index in [4.69, 9.17) is 4.74 Å². The van der Waals surface area contributed by atoms with Crippen LogP contribution in [0.2, 0.25) is 0 Å². The number of halogens is 1. The van der Waals surface area contributed by atoms with Crippen molar-refractivity contribution in [3.63, 3.8) is 0 Å². The lowest BCUT2D eigenvalue weighted by atomic mass is 9.47. The predicted octanol–water partition coefficient (Wildman–Crippen LogP) is 2.69. The van der Waals surface area contributed by atoms with Crippen LogP contribution in [0.4, 0.5) is 4.39 Å². The minimum atomic E-state index is -0.796. The number of hydrogen-bond donors (Lipinski definition) is 0. The molecule has 0 aromatic heterocycles. The van der Waals surface area contributed by atoms with E-state index in [0.717, 1.165) is 25.9 Å². The van der Waals surface area contributed by atoms with Gasteiger partial charge >= 0.3 is 0 Å². The molecule has 3 atom stereocenters. The molecule has 0 radical (unpaired) electrons. The standard InChI is InChI=1S/C12H17FO/c13-12-4-8-1-9(5-12)3-11(2-8,7-12)10-6-14-10/h8-10H,1-7H2. The van der Waals surface area contributed by atoms with Crippen LogP contribution in [0.5, 0.6) is 0 Å². The molecule has 4 aliphatic carbocycles. The number of epoxide rings is 1. The Bertz CT molecular complexity index is 270. The molecule has 5 fully saturated rings. The zero-order chi connectivity index (χ0) is 9.39. The van der Waals surface area contributed by atoms with Gasteiger partial charge in [0.25, 0.3) is 0 Å². The highest BCUT2D eigenvalue weighted by Gasteiger charge is 2.63. The fraction of sp³-hybridized carbons (Fsp3) is 1.00. The predicted molar refractivity (Wildman–Crippen MR) is 50.7 cm³/mol. The largest absolute Gasteiger partial charge is 0.373 e. The Hall–Kier alpha value is -0.110. The van der Waals surface area contributed by atoms with Gasteiger partial charge in [-0.2, -0.15) is 0 Å². The summed E-state index contributed by atoms with van der Waals surface area (Å²) < 4.78 is 19.9. The van der Waals surface area contributed by atoms with Crippen molar-refractivity contribution in [3.8, 4) is 0 Å². The fourth-order valence-electron chi connectivity index (χ4n) is 5.00. The maximum absolute atomic E-state index is 14.5. The summed E-state index contributed by atoms with van der Waals surface area (Å²) in [6.45, 7) is 0.912. The first-order chi connectivity index (χ1) is 6.68. The van der Waals surface area contributed by atoms with Crippen molar-refractivity contribution in [2.45, 2.75) is 50.3 Å². The number of hydrogen-bond acceptors (Lipinski definition) is 1. The molecular formula is C12H17FO. The van der Waals surface area contributed by atoms with Gasteiger partial charge in [0.15, 0.2) is 0 Å². The van der Waals surface area contributed by atoms with Crippen LogP contribution in [0.3, 0.4) is 0 Å². The Morgan fingerprint density at radius 1 is 1.07 bits per heavy atom. The summed E-state index contributed by atoms with van der Waals surface area (Å²) in [6.07, 6.45) is 6.80. The van der Waals surface area contributed by atoms with Crippen molar-refractivity contribution in [3.05, 3.63) is 0 Å². The third-order valence-corrected chi connectivity index (χ3v) is 5.05. The van der Waals surface area contributed by atoms with Crippen molar-refractivity contribution in [1.29, 1.82) is 0 Å². The molecule has 2 heteroatoms. The Labute approximate surface area is 84.0 Å². The van der Waals surface area contributed by atoms with Gasteiger partial charge in [-0.1, -0.05) is 0 Å². The molecule has 5 aliphatic rings. The van der Waals surface area contributed by atoms with Gasteiger partial charge in [0.05, 0.1) is 12.7 Å². The van der Waals surface area contributed by atoms with E-state index in [1.807, 2.05) is 0 Å². The number of rotatable bonds is 1. The summed E-state index contributed by atoms with van der Waals surface area (Å²) >= 11 is 0. The van der Waals surface area contributed by atoms with E-state index in [0.29, 0.717) is 17.9 Å². The van der Waals surface area contributed by atoms with E-state index >= 15 is 0 Å². The summed E-state index contributed by atoms with van der Waals surface area (Å²) in [5.74, 6) is 1.37. The number of ether oxygens (including phenoxy) is 1. The van der Waals surface area contributed by atoms with Crippen LogP contribution in [0.25, 0.3) is 0 Å². The summed E-state index contributed by atoms with van der Waals surface area (Å²) in [4.78, 5) is 0. The summed E-state index contributed by atoms with van der Waals surface area (Å²) in [5.41, 5.74) is -0.519. The Morgan fingerprint density at radius 2 is 1.71 bits per heavy atom. The molecule has 0 spiro atoms. The highest BCUT2D eigenvalue weighted by Crippen LogP contribution is 2.65. The van der Waals surface area contributed by atoms with E-state index in [1.165, 1.54) is 19.3 Å². The van der Waals surface area contributed by atoms with Crippen molar-refractivity contribution in [2.75, 3.05) is 6.61 Å². The second kappa shape index (κ2) is 2.18. The monoisotopic (exact) mass is 196 g/mol. The summed E-state index contributed by atoms with van der Waals surface area (Å²) in [6, 6.07) is 0. The molecule has 78 valence electrons. The third kappa shape index (κ3) is 0.932. The lowest BCUT2D eigenvalue weighted by Crippen LogP contribution is -2.55. The van der Waals surface area contributed by atoms with Crippen LogP contribution in [0.15, 0.2) is 0 Å². The van der Waals surface area contributed by atoms with Crippen molar-refractivity contribution >= 4 is 0 Å². The molecule has 1 saturated heterocycles. The average molecular weight is 196 g/mol. The van der Waals surface area contributed by atoms with Gasteiger partial charge in [0.2, 0.25) is 0 Å². The maximum atomic E-state index is 14.5. The Kier molecular flexibility index (Phi) is 1.26. The summed E-state index contributed by atoms with van der Waals surface area (Å²) in [5, 5.41) is 0. The van der Waals surface area contributed by atoms with Gasteiger partial charge in [-0.15, -0.1) is 0 Å². The number of alkyl halides is 1. The molecule has 0 N–H and O–H groups in total. The molecule has 4 bridgehead atoms. The average Bonchev–Trinajstić information content (AvgIpc) is 2.78. The first-order valence-corrected chi connectivity index (χ1v) is 5.98. The zero-order valence-electron chi connectivity index (χ0n) is 8.47. The molecular weight excluding hydrogens is 179 g/mol. The lowest BCUT2D eigenvalue weighted by Gasteiger charge is -2.58. The fourth-order valence-corrected chi connectivity index (χ4v) is 5.00. The molecule has 14 heavy (non-hydrogen) atoms. The smallest absolute Gasteiger partial charge is 0.112 e. The minimum Gasteiger partial charge on any atom is -0.373 e. The second-order valence-corrected chi connectivity index (χ2v) is 6.30. The van der Waals surface area contributed by atoms with E-state index in [2.05, 4.69) is 0 Å². The lowest BCUT2D eigenvalue weighted by molar-refractivity contribution is -0.132. The molecule has 1 aliphatic heterocycles. The first kappa shape index (κ1) is 8.09.